The fourth-order valence-corrected chi connectivity index (χ4v) is 11.6. The minimum absolute atomic E-state index is 0.244. The molecule has 1 amide bonds. The molecule has 2 nitrogen and oxygen atoms in total. The SMILES string of the molecule is O=C1N(CCC=C2c3ccccc3CCc3ccccc32)c2ccccc2C1(CCC=C1c2ccccc2CCc2ccccc21)CCC=C1c2ccccc2CCc2ccccc21. The van der Waals surface area contributed by atoms with Gasteiger partial charge in [-0.1, -0.05) is 182 Å². The second-order valence-electron chi connectivity index (χ2n) is 18.2. The molecule has 0 saturated carbocycles. The van der Waals surface area contributed by atoms with Crippen LogP contribution in [0.5, 0.6) is 0 Å². The highest BCUT2D eigenvalue weighted by Gasteiger charge is 2.49. The van der Waals surface area contributed by atoms with Crippen LogP contribution in [0.4, 0.5) is 5.69 Å². The number of para-hydroxylation sites is 1. The number of amides is 1. The number of carbonyl (C=O) groups is 1. The molecule has 3 aliphatic carbocycles. The van der Waals surface area contributed by atoms with E-state index in [1.165, 1.54) is 89.0 Å². The highest BCUT2D eigenvalue weighted by atomic mass is 16.2. The van der Waals surface area contributed by atoms with Crippen LogP contribution in [0.25, 0.3) is 16.7 Å². The molecule has 0 fully saturated rings. The Bertz CT molecular complexity index is 2730. The topological polar surface area (TPSA) is 20.3 Å². The quantitative estimate of drug-likeness (QED) is 0.142. The Kier molecular flexibility index (Phi) is 10.9. The first-order valence-electron chi connectivity index (χ1n) is 23.7. The van der Waals surface area contributed by atoms with E-state index < -0.39 is 5.41 Å². The monoisotopic (exact) mass is 829 g/mol. The van der Waals surface area contributed by atoms with Crippen molar-refractivity contribution in [2.45, 2.75) is 76.0 Å². The van der Waals surface area contributed by atoms with E-state index in [1.807, 2.05) is 0 Å². The van der Waals surface area contributed by atoms with E-state index in [4.69, 9.17) is 0 Å². The molecule has 0 N–H and O–H groups in total. The number of anilines is 1. The summed E-state index contributed by atoms with van der Waals surface area (Å²) in [6.45, 7) is 0.634. The minimum Gasteiger partial charge on any atom is -0.311 e. The summed E-state index contributed by atoms with van der Waals surface area (Å²) in [6, 6.07) is 62.3. The van der Waals surface area contributed by atoms with Crippen LogP contribution >= 0.6 is 0 Å². The van der Waals surface area contributed by atoms with Crippen molar-refractivity contribution in [3.8, 4) is 0 Å². The molecule has 4 aliphatic rings. The zero-order valence-electron chi connectivity index (χ0n) is 36.7. The van der Waals surface area contributed by atoms with Crippen molar-refractivity contribution < 1.29 is 4.79 Å². The lowest BCUT2D eigenvalue weighted by Crippen LogP contribution is -2.40. The Morgan fingerprint density at radius 2 is 0.672 bits per heavy atom. The number of aryl methyl sites for hydroxylation is 6. The molecule has 314 valence electrons. The Labute approximate surface area is 379 Å². The van der Waals surface area contributed by atoms with Crippen LogP contribution in [0.2, 0.25) is 0 Å². The third-order valence-electron chi connectivity index (χ3n) is 14.7. The average Bonchev–Trinajstić information content (AvgIpc) is 3.54. The molecular weight excluding hydrogens is 775 g/mol. The van der Waals surface area contributed by atoms with Crippen molar-refractivity contribution in [3.05, 3.63) is 260 Å². The van der Waals surface area contributed by atoms with Crippen LogP contribution in [-0.4, -0.2) is 12.5 Å². The second kappa shape index (κ2) is 17.4. The molecule has 1 heterocycles. The summed E-state index contributed by atoms with van der Waals surface area (Å²) in [6.07, 6.45) is 17.4. The lowest BCUT2D eigenvalue weighted by atomic mass is 9.73. The minimum atomic E-state index is -0.674. The maximum atomic E-state index is 15.8. The smallest absolute Gasteiger partial charge is 0.237 e. The van der Waals surface area contributed by atoms with Gasteiger partial charge in [0.15, 0.2) is 0 Å². The van der Waals surface area contributed by atoms with Gasteiger partial charge in [-0.25, -0.2) is 0 Å². The van der Waals surface area contributed by atoms with Gasteiger partial charge in [-0.05, 0) is 166 Å². The Balaban J connectivity index is 0.975. The predicted octanol–water partition coefficient (Wildman–Crippen LogP) is 13.9. The van der Waals surface area contributed by atoms with Gasteiger partial charge in [-0.2, -0.15) is 0 Å². The van der Waals surface area contributed by atoms with Gasteiger partial charge in [0.1, 0.15) is 0 Å². The van der Waals surface area contributed by atoms with E-state index in [-0.39, 0.29) is 5.91 Å². The molecule has 0 bridgehead atoms. The standard InChI is InChI=1S/C62H55NO/c64-61-62(41-15-30-56-50-24-7-1-18-44(50)35-36-45-19-2-8-25-51(45)56,42-16-31-57-52-26-9-3-20-46(52)37-38-47-21-4-10-27-53(47)57)59-33-13-14-34-60(59)63(61)43-17-32-58-54-28-11-5-22-48(54)39-40-49-23-6-12-29-55(49)58/h1-14,18-34H,15-17,35-43H2. The second-order valence-corrected chi connectivity index (χ2v) is 18.2. The molecule has 0 aromatic heterocycles. The molecule has 7 aromatic carbocycles. The largest absolute Gasteiger partial charge is 0.311 e. The third kappa shape index (κ3) is 7.29. The van der Waals surface area contributed by atoms with E-state index in [9.17, 15) is 0 Å². The van der Waals surface area contributed by atoms with E-state index in [1.54, 1.807) is 0 Å². The molecule has 0 atom stereocenters. The average molecular weight is 830 g/mol. The molecule has 0 spiro atoms. The third-order valence-corrected chi connectivity index (χ3v) is 14.7. The molecule has 7 aromatic rings. The number of allylic oxidation sites excluding steroid dienone is 2. The van der Waals surface area contributed by atoms with Crippen LogP contribution in [0.3, 0.4) is 0 Å². The zero-order valence-corrected chi connectivity index (χ0v) is 36.7. The number of carbonyl (C=O) groups excluding carboxylic acids is 1. The van der Waals surface area contributed by atoms with Crippen LogP contribution in [0.1, 0.15) is 104 Å². The van der Waals surface area contributed by atoms with E-state index in [0.717, 1.165) is 76.3 Å². The van der Waals surface area contributed by atoms with Gasteiger partial charge in [0.05, 0.1) is 5.41 Å². The molecule has 11 rings (SSSR count). The van der Waals surface area contributed by atoms with Crippen LogP contribution in [-0.2, 0) is 48.7 Å². The summed E-state index contributed by atoms with van der Waals surface area (Å²) in [7, 11) is 0. The lowest BCUT2D eigenvalue weighted by Gasteiger charge is -2.29. The highest BCUT2D eigenvalue weighted by molar-refractivity contribution is 6.08. The molecule has 64 heavy (non-hydrogen) atoms. The summed E-state index contributed by atoms with van der Waals surface area (Å²) >= 11 is 0. The van der Waals surface area contributed by atoms with Crippen molar-refractivity contribution in [1.82, 2.24) is 0 Å². The van der Waals surface area contributed by atoms with Crippen LogP contribution in [0.15, 0.2) is 188 Å². The van der Waals surface area contributed by atoms with Gasteiger partial charge in [0.25, 0.3) is 0 Å². The summed E-state index contributed by atoms with van der Waals surface area (Å²) < 4.78 is 0. The first-order chi connectivity index (χ1) is 31.7. The molecule has 0 unspecified atom stereocenters. The molecule has 0 radical (unpaired) electrons. The Morgan fingerprint density at radius 1 is 0.375 bits per heavy atom. The van der Waals surface area contributed by atoms with Crippen molar-refractivity contribution in [2.24, 2.45) is 0 Å². The fraction of sp³-hybridized carbons (Fsp3) is 0.210. The summed E-state index contributed by atoms with van der Waals surface area (Å²) in [5, 5.41) is 0. The van der Waals surface area contributed by atoms with Gasteiger partial charge >= 0.3 is 0 Å². The van der Waals surface area contributed by atoms with Crippen LogP contribution in [0, 0.1) is 0 Å². The van der Waals surface area contributed by atoms with Crippen molar-refractivity contribution >= 4 is 28.3 Å². The lowest BCUT2D eigenvalue weighted by molar-refractivity contribution is -0.123. The van der Waals surface area contributed by atoms with Gasteiger partial charge in [0.2, 0.25) is 5.91 Å². The summed E-state index contributed by atoms with van der Waals surface area (Å²) in [4.78, 5) is 17.9. The summed E-state index contributed by atoms with van der Waals surface area (Å²) in [5.74, 6) is 0.244. The van der Waals surface area contributed by atoms with Gasteiger partial charge in [0, 0.05) is 12.2 Å². The van der Waals surface area contributed by atoms with Gasteiger partial charge < -0.3 is 4.90 Å². The molecule has 2 heteroatoms. The molecule has 0 saturated heterocycles. The Hall–Kier alpha value is -6.77. The first-order valence-corrected chi connectivity index (χ1v) is 23.7. The fourth-order valence-electron chi connectivity index (χ4n) is 11.6. The maximum Gasteiger partial charge on any atom is 0.237 e. The Morgan fingerprint density at radius 3 is 1.03 bits per heavy atom. The zero-order chi connectivity index (χ0) is 42.9. The number of rotatable bonds is 9. The molecular formula is C62H55NO. The first kappa shape index (κ1) is 40.0. The normalized spacial score (nSPS) is 15.5. The van der Waals surface area contributed by atoms with Crippen LogP contribution < -0.4 is 4.90 Å². The van der Waals surface area contributed by atoms with E-state index in [0.29, 0.717) is 6.54 Å². The van der Waals surface area contributed by atoms with Gasteiger partial charge in [-0.3, -0.25) is 4.79 Å². The number of fused-ring (bicyclic) bond motifs is 7. The van der Waals surface area contributed by atoms with Crippen molar-refractivity contribution in [3.63, 3.8) is 0 Å². The number of hydrogen-bond donors (Lipinski definition) is 0. The molecule has 1 aliphatic heterocycles. The van der Waals surface area contributed by atoms with Crippen molar-refractivity contribution in [1.29, 1.82) is 0 Å². The summed E-state index contributed by atoms with van der Waals surface area (Å²) in [5.41, 5.74) is 21.8. The van der Waals surface area contributed by atoms with E-state index >= 15 is 4.79 Å². The predicted molar refractivity (Wildman–Crippen MR) is 266 cm³/mol. The maximum absolute atomic E-state index is 15.8. The number of hydrogen-bond acceptors (Lipinski definition) is 1. The van der Waals surface area contributed by atoms with Crippen molar-refractivity contribution in [2.75, 3.05) is 11.4 Å². The van der Waals surface area contributed by atoms with Gasteiger partial charge in [-0.15, -0.1) is 0 Å². The number of benzene rings is 7. The van der Waals surface area contributed by atoms with E-state index in [2.05, 4.69) is 193 Å². The highest BCUT2D eigenvalue weighted by Crippen LogP contribution is 2.49. The number of nitrogens with zero attached hydrogens (tertiary/aromatic N) is 1.